The summed E-state index contributed by atoms with van der Waals surface area (Å²) in [6.45, 7) is 3.66. The second kappa shape index (κ2) is 5.21. The molecule has 1 aliphatic rings. The molecule has 0 amide bonds. The van der Waals surface area contributed by atoms with Gasteiger partial charge in [-0.1, -0.05) is 60.7 Å². The number of carbonyl (C=O) groups is 1. The minimum Gasteiger partial charge on any atom is -0.479 e. The Morgan fingerprint density at radius 3 is 2.10 bits per heavy atom. The third-order valence-electron chi connectivity index (χ3n) is 3.71. The highest BCUT2D eigenvalue weighted by Gasteiger charge is 2.41. The van der Waals surface area contributed by atoms with Crippen molar-refractivity contribution in [3.8, 4) is 0 Å². The Bertz CT molecular complexity index is 682. The van der Waals surface area contributed by atoms with Gasteiger partial charge in [-0.15, -0.1) is 0 Å². The van der Waals surface area contributed by atoms with Crippen molar-refractivity contribution in [1.29, 1.82) is 0 Å². The Morgan fingerprint density at radius 1 is 0.905 bits per heavy atom. The molecule has 0 fully saturated rings. The van der Waals surface area contributed by atoms with E-state index in [9.17, 15) is 4.79 Å². The number of hydrogen-bond donors (Lipinski definition) is 0. The molecule has 2 heteroatoms. The number of Topliss-reactive ketones (excluding diaryl/α,β-unsaturated/α-hetero) is 1. The molecule has 2 aromatic rings. The maximum absolute atomic E-state index is 12.6. The van der Waals surface area contributed by atoms with Crippen LogP contribution in [-0.2, 0) is 16.0 Å². The van der Waals surface area contributed by atoms with Crippen LogP contribution in [0.1, 0.15) is 25.0 Å². The molecular formula is C19H18O2. The lowest BCUT2D eigenvalue weighted by Crippen LogP contribution is -2.29. The normalized spacial score (nSPS) is 17.0. The third kappa shape index (κ3) is 2.62. The fourth-order valence-corrected chi connectivity index (χ4v) is 2.61. The first-order valence-electron chi connectivity index (χ1n) is 7.14. The topological polar surface area (TPSA) is 26.3 Å². The minimum atomic E-state index is -0.782. The molecule has 0 saturated carbocycles. The van der Waals surface area contributed by atoms with Crippen molar-refractivity contribution in [3.63, 3.8) is 0 Å². The van der Waals surface area contributed by atoms with E-state index in [1.165, 1.54) is 0 Å². The predicted molar refractivity (Wildman–Crippen MR) is 83.7 cm³/mol. The zero-order valence-corrected chi connectivity index (χ0v) is 12.3. The number of ether oxygens (including phenoxy) is 1. The van der Waals surface area contributed by atoms with Crippen molar-refractivity contribution < 1.29 is 9.53 Å². The summed E-state index contributed by atoms with van der Waals surface area (Å²) >= 11 is 0. The van der Waals surface area contributed by atoms with Gasteiger partial charge in [-0.3, -0.25) is 4.79 Å². The van der Waals surface area contributed by atoms with Crippen molar-refractivity contribution in [2.24, 2.45) is 0 Å². The molecule has 0 unspecified atom stereocenters. The van der Waals surface area contributed by atoms with Gasteiger partial charge in [-0.2, -0.15) is 0 Å². The molecule has 0 aromatic heterocycles. The van der Waals surface area contributed by atoms with Crippen molar-refractivity contribution in [2.45, 2.75) is 25.9 Å². The van der Waals surface area contributed by atoms with Gasteiger partial charge < -0.3 is 4.74 Å². The molecule has 106 valence electrons. The summed E-state index contributed by atoms with van der Waals surface area (Å²) in [7, 11) is 0. The molecule has 0 spiro atoms. The van der Waals surface area contributed by atoms with E-state index in [0.717, 1.165) is 22.5 Å². The van der Waals surface area contributed by atoms with E-state index in [1.807, 2.05) is 74.5 Å². The molecule has 2 nitrogen and oxygen atoms in total. The van der Waals surface area contributed by atoms with Crippen LogP contribution >= 0.6 is 0 Å². The standard InChI is InChI=1S/C19H18O2/c1-19(2)18(20)16(13-14-9-5-3-6-10-14)17(21-19)15-11-7-4-8-12-15/h3-12H,13H2,1-2H3. The molecule has 1 aliphatic heterocycles. The van der Waals surface area contributed by atoms with Crippen molar-refractivity contribution in [1.82, 2.24) is 0 Å². The van der Waals surface area contributed by atoms with E-state index in [0.29, 0.717) is 6.42 Å². The average Bonchev–Trinajstić information content (AvgIpc) is 2.73. The Labute approximate surface area is 125 Å². The van der Waals surface area contributed by atoms with Gasteiger partial charge in [0.05, 0.1) is 0 Å². The van der Waals surface area contributed by atoms with Crippen LogP contribution in [0.4, 0.5) is 0 Å². The number of ketones is 1. The quantitative estimate of drug-likeness (QED) is 0.847. The first-order chi connectivity index (χ1) is 10.1. The molecular weight excluding hydrogens is 260 g/mol. The minimum absolute atomic E-state index is 0.0743. The smallest absolute Gasteiger partial charge is 0.205 e. The summed E-state index contributed by atoms with van der Waals surface area (Å²) in [5, 5.41) is 0. The number of benzene rings is 2. The first-order valence-corrected chi connectivity index (χ1v) is 7.14. The van der Waals surface area contributed by atoms with Gasteiger partial charge in [0.15, 0.2) is 5.60 Å². The van der Waals surface area contributed by atoms with Gasteiger partial charge in [0.25, 0.3) is 0 Å². The van der Waals surface area contributed by atoms with Crippen molar-refractivity contribution in [2.75, 3.05) is 0 Å². The summed E-state index contributed by atoms with van der Waals surface area (Å²) in [6.07, 6.45) is 0.604. The van der Waals surface area contributed by atoms with Crippen LogP contribution in [0.3, 0.4) is 0 Å². The average molecular weight is 278 g/mol. The van der Waals surface area contributed by atoms with Gasteiger partial charge in [-0.05, 0) is 19.4 Å². The molecule has 0 saturated heterocycles. The van der Waals surface area contributed by atoms with E-state index in [4.69, 9.17) is 4.74 Å². The number of rotatable bonds is 3. The molecule has 0 bridgehead atoms. The molecule has 1 heterocycles. The molecule has 3 rings (SSSR count). The Hall–Kier alpha value is -2.35. The van der Waals surface area contributed by atoms with E-state index in [1.54, 1.807) is 0 Å². The molecule has 0 atom stereocenters. The van der Waals surface area contributed by atoms with E-state index >= 15 is 0 Å². The summed E-state index contributed by atoms with van der Waals surface area (Å²) in [4.78, 5) is 12.6. The lowest BCUT2D eigenvalue weighted by molar-refractivity contribution is -0.126. The summed E-state index contributed by atoms with van der Waals surface area (Å²) in [5.74, 6) is 0.791. The Morgan fingerprint density at radius 2 is 1.48 bits per heavy atom. The van der Waals surface area contributed by atoms with Gasteiger partial charge in [0.2, 0.25) is 5.78 Å². The highest BCUT2D eigenvalue weighted by molar-refractivity contribution is 6.10. The van der Waals surface area contributed by atoms with Crippen LogP contribution in [0.25, 0.3) is 5.76 Å². The van der Waals surface area contributed by atoms with Crippen LogP contribution < -0.4 is 0 Å². The Kier molecular flexibility index (Phi) is 3.38. The first kappa shape index (κ1) is 13.6. The Balaban J connectivity index is 2.04. The van der Waals surface area contributed by atoms with Crippen LogP contribution in [0.2, 0.25) is 0 Å². The van der Waals surface area contributed by atoms with Crippen LogP contribution in [0, 0.1) is 0 Å². The monoisotopic (exact) mass is 278 g/mol. The van der Waals surface area contributed by atoms with Gasteiger partial charge >= 0.3 is 0 Å². The second-order valence-electron chi connectivity index (χ2n) is 5.78. The lowest BCUT2D eigenvalue weighted by Gasteiger charge is -2.17. The zero-order chi connectivity index (χ0) is 14.9. The van der Waals surface area contributed by atoms with Gasteiger partial charge in [0.1, 0.15) is 5.76 Å². The molecule has 2 aromatic carbocycles. The second-order valence-corrected chi connectivity index (χ2v) is 5.78. The predicted octanol–water partition coefficient (Wildman–Crippen LogP) is 4.02. The maximum atomic E-state index is 12.6. The SMILES string of the molecule is CC1(C)OC(c2ccccc2)=C(Cc2ccccc2)C1=O. The number of carbonyl (C=O) groups excluding carboxylic acids is 1. The fraction of sp³-hybridized carbons (Fsp3) is 0.211. The summed E-state index contributed by atoms with van der Waals surface area (Å²) in [6, 6.07) is 19.9. The summed E-state index contributed by atoms with van der Waals surface area (Å²) in [5.41, 5.74) is 2.06. The van der Waals surface area contributed by atoms with Gasteiger partial charge in [0, 0.05) is 17.6 Å². The molecule has 0 radical (unpaired) electrons. The lowest BCUT2D eigenvalue weighted by atomic mass is 9.93. The van der Waals surface area contributed by atoms with Crippen molar-refractivity contribution in [3.05, 3.63) is 77.4 Å². The fourth-order valence-electron chi connectivity index (χ4n) is 2.61. The van der Waals surface area contributed by atoms with Crippen molar-refractivity contribution >= 4 is 11.5 Å². The highest BCUT2D eigenvalue weighted by Crippen LogP contribution is 2.37. The summed E-state index contributed by atoms with van der Waals surface area (Å²) < 4.78 is 5.96. The molecule has 0 N–H and O–H groups in total. The van der Waals surface area contributed by atoms with Crippen LogP contribution in [0.15, 0.2) is 66.2 Å². The largest absolute Gasteiger partial charge is 0.479 e. The third-order valence-corrected chi connectivity index (χ3v) is 3.71. The van der Waals surface area contributed by atoms with E-state index in [-0.39, 0.29) is 5.78 Å². The highest BCUT2D eigenvalue weighted by atomic mass is 16.5. The zero-order valence-electron chi connectivity index (χ0n) is 12.3. The van der Waals surface area contributed by atoms with E-state index in [2.05, 4.69) is 0 Å². The van der Waals surface area contributed by atoms with Gasteiger partial charge in [-0.25, -0.2) is 0 Å². The van der Waals surface area contributed by atoms with Crippen LogP contribution in [0.5, 0.6) is 0 Å². The van der Waals surface area contributed by atoms with E-state index < -0.39 is 5.60 Å². The molecule has 21 heavy (non-hydrogen) atoms. The molecule has 0 aliphatic carbocycles. The number of hydrogen-bond acceptors (Lipinski definition) is 2. The maximum Gasteiger partial charge on any atom is 0.205 e. The van der Waals surface area contributed by atoms with Crippen LogP contribution in [-0.4, -0.2) is 11.4 Å².